The first kappa shape index (κ1) is 28.4. The van der Waals surface area contributed by atoms with Crippen LogP contribution in [0.2, 0.25) is 0 Å². The first-order valence-electron chi connectivity index (χ1n) is 12.7. The number of nitrogens with one attached hydrogen (secondary N) is 4. The summed E-state index contributed by atoms with van der Waals surface area (Å²) in [4.78, 5) is 25.9. The van der Waals surface area contributed by atoms with E-state index in [1.807, 2.05) is 0 Å². The van der Waals surface area contributed by atoms with E-state index in [1.165, 1.54) is 24.3 Å². The molecule has 2 aliphatic heterocycles. The number of rotatable bonds is 9. The normalized spacial score (nSPS) is 22.3. The van der Waals surface area contributed by atoms with Crippen LogP contribution < -0.4 is 20.8 Å². The van der Waals surface area contributed by atoms with Crippen LogP contribution in [0.4, 0.5) is 10.1 Å². The predicted molar refractivity (Wildman–Crippen MR) is 144 cm³/mol. The summed E-state index contributed by atoms with van der Waals surface area (Å²) in [5, 5.41) is 6.60. The van der Waals surface area contributed by atoms with Gasteiger partial charge in [0.05, 0.1) is 16.2 Å². The fourth-order valence-corrected chi connectivity index (χ4v) is 6.47. The largest absolute Gasteiger partial charge is 0.324 e. The Balaban J connectivity index is 1.38. The molecule has 2 aromatic carbocycles. The van der Waals surface area contributed by atoms with Crippen molar-refractivity contribution in [3.63, 3.8) is 0 Å². The fourth-order valence-electron chi connectivity index (χ4n) is 4.83. The lowest BCUT2D eigenvalue weighted by molar-refractivity contribution is -0.141. The molecule has 12 heteroatoms. The number of sulfonamides is 1. The molecule has 2 aliphatic rings. The summed E-state index contributed by atoms with van der Waals surface area (Å²) >= 11 is 6.35. The van der Waals surface area contributed by atoms with Crippen molar-refractivity contribution in [2.45, 2.75) is 54.8 Å². The quantitative estimate of drug-likeness (QED) is 0.347. The van der Waals surface area contributed by atoms with Gasteiger partial charge >= 0.3 is 0 Å². The van der Waals surface area contributed by atoms with Crippen molar-refractivity contribution in [1.29, 1.82) is 0 Å². The second kappa shape index (κ2) is 12.5. The van der Waals surface area contributed by atoms with Gasteiger partial charge in [-0.3, -0.25) is 14.6 Å². The third-order valence-corrected chi connectivity index (χ3v) is 8.85. The van der Waals surface area contributed by atoms with Crippen LogP contribution in [-0.2, 0) is 19.6 Å². The van der Waals surface area contributed by atoms with Crippen molar-refractivity contribution in [2.24, 2.45) is 0 Å². The zero-order valence-electron chi connectivity index (χ0n) is 21.2. The molecule has 0 radical (unpaired) electrons. The van der Waals surface area contributed by atoms with Crippen LogP contribution in [0.15, 0.2) is 47.4 Å². The molecule has 0 spiro atoms. The first-order valence-corrected chi connectivity index (χ1v) is 14.6. The van der Waals surface area contributed by atoms with Crippen LogP contribution in [0, 0.1) is 12.7 Å². The molecular formula is C26H33ClFN5O4S. The third-order valence-electron chi connectivity index (χ3n) is 6.84. The molecule has 2 saturated heterocycles. The van der Waals surface area contributed by atoms with Gasteiger partial charge in [-0.05, 0) is 68.1 Å². The van der Waals surface area contributed by atoms with Crippen LogP contribution in [-0.4, -0.2) is 62.8 Å². The van der Waals surface area contributed by atoms with Gasteiger partial charge in [-0.2, -0.15) is 0 Å². The summed E-state index contributed by atoms with van der Waals surface area (Å²) in [6, 6.07) is 10.6. The van der Waals surface area contributed by atoms with Crippen molar-refractivity contribution < 1.29 is 22.4 Å². The maximum Gasteiger partial charge on any atom is 0.246 e. The van der Waals surface area contributed by atoms with E-state index < -0.39 is 38.9 Å². The highest BCUT2D eigenvalue weighted by Gasteiger charge is 2.37. The minimum atomic E-state index is -3.78. The lowest BCUT2D eigenvalue weighted by Gasteiger charge is -2.35. The van der Waals surface area contributed by atoms with Crippen molar-refractivity contribution in [2.75, 3.05) is 31.5 Å². The molecule has 2 aromatic rings. The molecule has 9 nitrogen and oxygen atoms in total. The van der Waals surface area contributed by atoms with E-state index in [4.69, 9.17) is 11.6 Å². The van der Waals surface area contributed by atoms with Gasteiger partial charge in [0.25, 0.3) is 0 Å². The third kappa shape index (κ3) is 7.09. The summed E-state index contributed by atoms with van der Waals surface area (Å²) in [5.41, 5.74) is 4.10. The molecule has 0 aromatic heterocycles. The number of anilines is 1. The van der Waals surface area contributed by atoms with E-state index in [9.17, 15) is 22.4 Å². The molecule has 2 amide bonds. The Morgan fingerprint density at radius 2 is 2.03 bits per heavy atom. The molecule has 3 atom stereocenters. The summed E-state index contributed by atoms with van der Waals surface area (Å²) in [5.74, 6) is -2.28. The first-order chi connectivity index (χ1) is 18.1. The van der Waals surface area contributed by atoms with E-state index in [-0.39, 0.29) is 23.7 Å². The number of piperidine rings is 1. The molecule has 4 N–H and O–H groups in total. The molecule has 206 valence electrons. The maximum atomic E-state index is 13.7. The SMILES string of the molecule is Cc1ccc(NC(=O)CN2NCC(Cl)C(c3cccc(F)c3)C2=O)cc1S(=O)(=O)NCCC1CCCCN1. The maximum absolute atomic E-state index is 13.7. The fraction of sp³-hybridized carbons (Fsp3) is 0.462. The second-order valence-electron chi connectivity index (χ2n) is 9.70. The number of aryl methyl sites for hydroxylation is 1. The zero-order valence-corrected chi connectivity index (χ0v) is 22.7. The smallest absolute Gasteiger partial charge is 0.246 e. The molecule has 2 fully saturated rings. The highest BCUT2D eigenvalue weighted by atomic mass is 35.5. The zero-order chi connectivity index (χ0) is 27.3. The summed E-state index contributed by atoms with van der Waals surface area (Å²) in [7, 11) is -3.78. The highest BCUT2D eigenvalue weighted by Crippen LogP contribution is 2.29. The van der Waals surface area contributed by atoms with Crippen LogP contribution in [0.25, 0.3) is 0 Å². The number of hydrogen-bond acceptors (Lipinski definition) is 6. The minimum absolute atomic E-state index is 0.0789. The lowest BCUT2D eigenvalue weighted by atomic mass is 9.92. The number of nitrogens with zero attached hydrogens (tertiary/aromatic N) is 1. The molecule has 2 heterocycles. The van der Waals surface area contributed by atoms with Crippen molar-refractivity contribution in [1.82, 2.24) is 20.5 Å². The Morgan fingerprint density at radius 3 is 2.76 bits per heavy atom. The average Bonchev–Trinajstić information content (AvgIpc) is 2.87. The number of benzene rings is 2. The van der Waals surface area contributed by atoms with Crippen LogP contribution in [0.1, 0.15) is 42.7 Å². The molecular weight excluding hydrogens is 533 g/mol. The van der Waals surface area contributed by atoms with Crippen LogP contribution >= 0.6 is 11.6 Å². The van der Waals surface area contributed by atoms with Crippen molar-refractivity contribution >= 4 is 39.1 Å². The van der Waals surface area contributed by atoms with E-state index in [0.29, 0.717) is 30.1 Å². The Kier molecular flexibility index (Phi) is 9.37. The Labute approximate surface area is 227 Å². The van der Waals surface area contributed by atoms with Gasteiger partial charge in [0, 0.05) is 24.8 Å². The predicted octanol–water partition coefficient (Wildman–Crippen LogP) is 2.62. The van der Waals surface area contributed by atoms with Gasteiger partial charge in [0.15, 0.2) is 0 Å². The van der Waals surface area contributed by atoms with Gasteiger partial charge < -0.3 is 10.6 Å². The monoisotopic (exact) mass is 565 g/mol. The number of carbonyl (C=O) groups is 2. The number of amides is 2. The molecule has 0 saturated carbocycles. The van der Waals surface area contributed by atoms with E-state index >= 15 is 0 Å². The van der Waals surface area contributed by atoms with Crippen LogP contribution in [0.5, 0.6) is 0 Å². The van der Waals surface area contributed by atoms with Gasteiger partial charge in [-0.15, -0.1) is 11.6 Å². The van der Waals surface area contributed by atoms with E-state index in [0.717, 1.165) is 30.8 Å². The van der Waals surface area contributed by atoms with Crippen molar-refractivity contribution in [3.05, 3.63) is 59.4 Å². The molecule has 4 rings (SSSR count). The van der Waals surface area contributed by atoms with Gasteiger partial charge in [0.2, 0.25) is 21.8 Å². The molecule has 3 unspecified atom stereocenters. The molecule has 38 heavy (non-hydrogen) atoms. The minimum Gasteiger partial charge on any atom is -0.324 e. The van der Waals surface area contributed by atoms with Crippen molar-refractivity contribution in [3.8, 4) is 0 Å². The average molecular weight is 566 g/mol. The second-order valence-corrected chi connectivity index (χ2v) is 12.0. The Hall–Kier alpha value is -2.57. The molecule has 0 aliphatic carbocycles. The topological polar surface area (TPSA) is 120 Å². The van der Waals surface area contributed by atoms with Gasteiger partial charge in [-0.1, -0.05) is 24.6 Å². The highest BCUT2D eigenvalue weighted by molar-refractivity contribution is 7.89. The van der Waals surface area contributed by atoms with E-state index in [1.54, 1.807) is 25.1 Å². The molecule has 0 bridgehead atoms. The number of halogens is 2. The van der Waals surface area contributed by atoms with Gasteiger partial charge in [0.1, 0.15) is 12.4 Å². The summed E-state index contributed by atoms with van der Waals surface area (Å²) in [6.07, 6.45) is 4.01. The van der Waals surface area contributed by atoms with Gasteiger partial charge in [-0.25, -0.2) is 23.0 Å². The summed E-state index contributed by atoms with van der Waals surface area (Å²) < 4.78 is 42.3. The number of hydrazine groups is 1. The Bertz CT molecular complexity index is 1270. The van der Waals surface area contributed by atoms with E-state index in [2.05, 4.69) is 20.8 Å². The lowest BCUT2D eigenvalue weighted by Crippen LogP contribution is -2.57. The summed E-state index contributed by atoms with van der Waals surface area (Å²) in [6.45, 7) is 2.82. The standard InChI is InChI=1S/C26H33ClFN5O4S/c1-17-8-9-21(14-23(17)38(36,37)31-12-10-20-7-2-3-11-29-20)32-24(34)16-33-26(35)25(22(27)15-30-33)18-5-4-6-19(28)13-18/h4-6,8-9,13-14,20,22,25,29-31H,2-3,7,10-12,15-16H2,1H3,(H,32,34). The van der Waals surface area contributed by atoms with Crippen LogP contribution in [0.3, 0.4) is 0 Å². The Morgan fingerprint density at radius 1 is 1.21 bits per heavy atom. The number of hydrogen-bond donors (Lipinski definition) is 4. The number of carbonyl (C=O) groups excluding carboxylic acids is 2. The number of alkyl halides is 1.